The van der Waals surface area contributed by atoms with Crippen LogP contribution < -0.4 is 5.32 Å². The number of aryl methyl sites for hydroxylation is 2. The van der Waals surface area contributed by atoms with Gasteiger partial charge in [0.15, 0.2) is 0 Å². The fourth-order valence-corrected chi connectivity index (χ4v) is 3.45. The van der Waals surface area contributed by atoms with Crippen LogP contribution >= 0.6 is 11.3 Å². The van der Waals surface area contributed by atoms with Crippen molar-refractivity contribution in [1.29, 1.82) is 0 Å². The summed E-state index contributed by atoms with van der Waals surface area (Å²) in [6, 6.07) is 0.138. The molecule has 0 aromatic carbocycles. The van der Waals surface area contributed by atoms with Crippen LogP contribution in [0, 0.1) is 13.8 Å². The summed E-state index contributed by atoms with van der Waals surface area (Å²) in [5, 5.41) is 4.39. The molecule has 0 bridgehead atoms. The van der Waals surface area contributed by atoms with Crippen molar-refractivity contribution < 1.29 is 4.79 Å². The Balaban J connectivity index is 1.84. The van der Waals surface area contributed by atoms with Gasteiger partial charge in [0.25, 0.3) is 0 Å². The summed E-state index contributed by atoms with van der Waals surface area (Å²) in [6.07, 6.45) is 3.54. The maximum Gasteiger partial charge on any atom is 0.236 e. The molecule has 19 heavy (non-hydrogen) atoms. The second-order valence-electron chi connectivity index (χ2n) is 5.22. The number of nitrogens with one attached hydrogen (secondary N) is 1. The van der Waals surface area contributed by atoms with Gasteiger partial charge in [0.2, 0.25) is 5.91 Å². The summed E-state index contributed by atoms with van der Waals surface area (Å²) < 4.78 is 0. The van der Waals surface area contributed by atoms with Crippen molar-refractivity contribution in [2.45, 2.75) is 46.1 Å². The van der Waals surface area contributed by atoms with Gasteiger partial charge in [-0.25, -0.2) is 4.98 Å². The van der Waals surface area contributed by atoms with Crippen molar-refractivity contribution in [1.82, 2.24) is 15.2 Å². The highest BCUT2D eigenvalue weighted by molar-refractivity contribution is 7.11. The van der Waals surface area contributed by atoms with E-state index in [2.05, 4.69) is 24.1 Å². The van der Waals surface area contributed by atoms with Gasteiger partial charge in [-0.15, -0.1) is 11.3 Å². The number of piperidine rings is 1. The number of likely N-dealkylation sites (tertiary alicyclic amines) is 1. The summed E-state index contributed by atoms with van der Waals surface area (Å²) in [5.74, 6) is 0.219. The number of carbonyl (C=O) groups excluding carboxylic acids is 1. The van der Waals surface area contributed by atoms with Crippen LogP contribution in [0.15, 0.2) is 0 Å². The van der Waals surface area contributed by atoms with E-state index in [0.29, 0.717) is 6.54 Å². The molecule has 1 fully saturated rings. The van der Waals surface area contributed by atoms with E-state index >= 15 is 0 Å². The van der Waals surface area contributed by atoms with E-state index < -0.39 is 0 Å². The molecule has 1 amide bonds. The molecule has 0 spiro atoms. The second-order valence-corrected chi connectivity index (χ2v) is 6.63. The Labute approximate surface area is 119 Å². The molecular formula is C14H23N3OS. The molecule has 1 atom stereocenters. The number of aromatic nitrogens is 1. The average molecular weight is 281 g/mol. The molecule has 1 aromatic rings. The van der Waals surface area contributed by atoms with Crippen molar-refractivity contribution in [3.63, 3.8) is 0 Å². The highest BCUT2D eigenvalue weighted by Crippen LogP contribution is 2.22. The lowest BCUT2D eigenvalue weighted by atomic mass is 10.1. The smallest absolute Gasteiger partial charge is 0.236 e. The highest BCUT2D eigenvalue weighted by atomic mass is 32.1. The third-order valence-electron chi connectivity index (χ3n) is 3.62. The molecule has 0 radical (unpaired) electrons. The summed E-state index contributed by atoms with van der Waals surface area (Å²) in [7, 11) is 0. The Morgan fingerprint density at radius 3 is 2.63 bits per heavy atom. The third kappa shape index (κ3) is 3.76. The van der Waals surface area contributed by atoms with Gasteiger partial charge in [0, 0.05) is 24.0 Å². The highest BCUT2D eigenvalue weighted by Gasteiger charge is 2.18. The Kier molecular flexibility index (Phi) is 4.93. The van der Waals surface area contributed by atoms with Crippen molar-refractivity contribution in [2.75, 3.05) is 19.6 Å². The fourth-order valence-electron chi connectivity index (χ4n) is 2.54. The van der Waals surface area contributed by atoms with Gasteiger partial charge >= 0.3 is 0 Å². The van der Waals surface area contributed by atoms with E-state index in [1.54, 1.807) is 11.3 Å². The Bertz CT molecular complexity index is 438. The second kappa shape index (κ2) is 6.48. The first kappa shape index (κ1) is 14.5. The minimum Gasteiger partial charge on any atom is -0.342 e. The van der Waals surface area contributed by atoms with Crippen LogP contribution in [-0.4, -0.2) is 35.4 Å². The molecule has 0 saturated carbocycles. The predicted molar refractivity (Wildman–Crippen MR) is 78.4 cm³/mol. The Morgan fingerprint density at radius 2 is 2.05 bits per heavy atom. The van der Waals surface area contributed by atoms with Crippen LogP contribution in [0.4, 0.5) is 0 Å². The normalized spacial score (nSPS) is 17.5. The Morgan fingerprint density at radius 1 is 1.37 bits per heavy atom. The number of rotatable bonds is 4. The molecule has 106 valence electrons. The number of carbonyl (C=O) groups is 1. The summed E-state index contributed by atoms with van der Waals surface area (Å²) in [5.41, 5.74) is 1.08. The van der Waals surface area contributed by atoms with Crippen LogP contribution in [0.3, 0.4) is 0 Å². The van der Waals surface area contributed by atoms with Gasteiger partial charge in [-0.1, -0.05) is 0 Å². The van der Waals surface area contributed by atoms with E-state index in [1.165, 1.54) is 11.3 Å². The predicted octanol–water partition coefficient (Wildman–Crippen LogP) is 2.42. The van der Waals surface area contributed by atoms with Crippen LogP contribution in [0.5, 0.6) is 0 Å². The maximum atomic E-state index is 12.1. The molecule has 2 heterocycles. The molecule has 2 rings (SSSR count). The fraction of sp³-hybridized carbons (Fsp3) is 0.714. The molecule has 0 aliphatic carbocycles. The molecule has 1 aromatic heterocycles. The van der Waals surface area contributed by atoms with Gasteiger partial charge in [-0.05, 0) is 40.0 Å². The SMILES string of the molecule is Cc1nc(C(C)NCC(=O)N2CCCCC2)c(C)s1. The molecule has 1 N–H and O–H groups in total. The van der Waals surface area contributed by atoms with Crippen LogP contribution in [0.1, 0.15) is 47.8 Å². The van der Waals surface area contributed by atoms with E-state index in [-0.39, 0.29) is 11.9 Å². The maximum absolute atomic E-state index is 12.1. The topological polar surface area (TPSA) is 45.2 Å². The van der Waals surface area contributed by atoms with E-state index in [4.69, 9.17) is 0 Å². The number of nitrogens with zero attached hydrogens (tertiary/aromatic N) is 2. The lowest BCUT2D eigenvalue weighted by Crippen LogP contribution is -2.41. The van der Waals surface area contributed by atoms with Crippen LogP contribution in [-0.2, 0) is 4.79 Å². The molecule has 1 unspecified atom stereocenters. The first-order chi connectivity index (χ1) is 9.08. The van der Waals surface area contributed by atoms with Crippen molar-refractivity contribution in [2.24, 2.45) is 0 Å². The van der Waals surface area contributed by atoms with E-state index in [0.717, 1.165) is 36.6 Å². The summed E-state index contributed by atoms with van der Waals surface area (Å²) >= 11 is 1.71. The largest absolute Gasteiger partial charge is 0.342 e. The van der Waals surface area contributed by atoms with Crippen molar-refractivity contribution in [3.8, 4) is 0 Å². The lowest BCUT2D eigenvalue weighted by Gasteiger charge is -2.27. The van der Waals surface area contributed by atoms with Gasteiger partial charge < -0.3 is 10.2 Å². The van der Waals surface area contributed by atoms with Crippen LogP contribution in [0.25, 0.3) is 0 Å². The number of hydrogen-bond donors (Lipinski definition) is 1. The number of amides is 1. The van der Waals surface area contributed by atoms with Gasteiger partial charge in [-0.3, -0.25) is 4.79 Å². The third-order valence-corrected chi connectivity index (χ3v) is 4.52. The lowest BCUT2D eigenvalue weighted by molar-refractivity contribution is -0.131. The molecule has 4 nitrogen and oxygen atoms in total. The molecule has 1 aliphatic rings. The Hall–Kier alpha value is -0.940. The minimum absolute atomic E-state index is 0.138. The minimum atomic E-state index is 0.138. The van der Waals surface area contributed by atoms with E-state index in [1.807, 2.05) is 11.8 Å². The van der Waals surface area contributed by atoms with Crippen LogP contribution in [0.2, 0.25) is 0 Å². The van der Waals surface area contributed by atoms with Gasteiger partial charge in [0.05, 0.1) is 17.2 Å². The molecule has 1 aliphatic heterocycles. The van der Waals surface area contributed by atoms with Gasteiger partial charge in [0.1, 0.15) is 0 Å². The standard InChI is InChI=1S/C14H23N3OS/c1-10(14-11(2)19-12(3)16-14)15-9-13(18)17-7-5-4-6-8-17/h10,15H,4-9H2,1-3H3. The quantitative estimate of drug-likeness (QED) is 0.922. The average Bonchev–Trinajstić information content (AvgIpc) is 2.75. The molecular weight excluding hydrogens is 258 g/mol. The summed E-state index contributed by atoms with van der Waals surface area (Å²) in [4.78, 5) is 19.8. The zero-order valence-electron chi connectivity index (χ0n) is 12.0. The first-order valence-corrected chi connectivity index (χ1v) is 7.84. The zero-order valence-corrected chi connectivity index (χ0v) is 12.8. The molecule has 1 saturated heterocycles. The number of hydrogen-bond acceptors (Lipinski definition) is 4. The molecule has 5 heteroatoms. The summed E-state index contributed by atoms with van der Waals surface area (Å²) in [6.45, 7) is 8.44. The van der Waals surface area contributed by atoms with Crippen molar-refractivity contribution >= 4 is 17.2 Å². The zero-order chi connectivity index (χ0) is 13.8. The van der Waals surface area contributed by atoms with E-state index in [9.17, 15) is 4.79 Å². The first-order valence-electron chi connectivity index (χ1n) is 7.03. The van der Waals surface area contributed by atoms with Crippen molar-refractivity contribution in [3.05, 3.63) is 15.6 Å². The number of thiazole rings is 1. The monoisotopic (exact) mass is 281 g/mol. The van der Waals surface area contributed by atoms with Gasteiger partial charge in [-0.2, -0.15) is 0 Å².